The molecule has 114 valence electrons. The highest BCUT2D eigenvalue weighted by Crippen LogP contribution is 2.23. The first-order valence-corrected chi connectivity index (χ1v) is 8.14. The molecule has 0 amide bonds. The van der Waals surface area contributed by atoms with E-state index in [1.807, 2.05) is 12.1 Å². The lowest BCUT2D eigenvalue weighted by Gasteiger charge is -2.26. The lowest BCUT2D eigenvalue weighted by atomic mass is 10.1. The van der Waals surface area contributed by atoms with Crippen molar-refractivity contribution in [3.05, 3.63) is 28.2 Å². The van der Waals surface area contributed by atoms with Crippen LogP contribution in [0.5, 0.6) is 5.75 Å². The lowest BCUT2D eigenvalue weighted by Crippen LogP contribution is -2.34. The van der Waals surface area contributed by atoms with Gasteiger partial charge >= 0.3 is 0 Å². The van der Waals surface area contributed by atoms with E-state index in [-0.39, 0.29) is 0 Å². The predicted molar refractivity (Wildman–Crippen MR) is 89.4 cm³/mol. The topological polar surface area (TPSA) is 38.5 Å². The second-order valence-electron chi connectivity index (χ2n) is 5.33. The number of unbranched alkanes of at least 4 members (excludes halogenated alkanes) is 1. The van der Waals surface area contributed by atoms with Crippen LogP contribution < -0.4 is 10.5 Å². The smallest absolute Gasteiger partial charge is 0.122 e. The summed E-state index contributed by atoms with van der Waals surface area (Å²) in [5, 5.41) is 0. The molecule has 0 aromatic heterocycles. The molecular formula is C16H27BrN2O. The third-order valence-electron chi connectivity index (χ3n) is 3.54. The predicted octanol–water partition coefficient (Wildman–Crippen LogP) is 3.45. The standard InChI is InChI=1S/C16H27BrN2O/c1-13(2)19(10-5-4-9-18)11-8-14-12-15(17)6-7-16(14)20-3/h6-7,12-13H,4-5,8-11,18H2,1-3H3. The second kappa shape index (κ2) is 9.37. The van der Waals surface area contributed by atoms with Gasteiger partial charge in [-0.15, -0.1) is 0 Å². The van der Waals surface area contributed by atoms with Crippen LogP contribution in [0.1, 0.15) is 32.3 Å². The monoisotopic (exact) mass is 342 g/mol. The Kier molecular flexibility index (Phi) is 8.19. The molecule has 0 aliphatic carbocycles. The molecule has 0 spiro atoms. The van der Waals surface area contributed by atoms with Crippen molar-refractivity contribution in [2.24, 2.45) is 5.73 Å². The summed E-state index contributed by atoms with van der Waals surface area (Å²) >= 11 is 3.53. The van der Waals surface area contributed by atoms with Crippen molar-refractivity contribution in [1.82, 2.24) is 4.90 Å². The third-order valence-corrected chi connectivity index (χ3v) is 4.03. The summed E-state index contributed by atoms with van der Waals surface area (Å²) in [5.74, 6) is 0.971. The number of rotatable bonds is 9. The van der Waals surface area contributed by atoms with Crippen LogP contribution >= 0.6 is 15.9 Å². The molecule has 1 aromatic rings. The summed E-state index contributed by atoms with van der Waals surface area (Å²) in [4.78, 5) is 2.51. The minimum Gasteiger partial charge on any atom is -0.496 e. The summed E-state index contributed by atoms with van der Waals surface area (Å²) in [6, 6.07) is 6.75. The molecule has 3 nitrogen and oxygen atoms in total. The quantitative estimate of drug-likeness (QED) is 0.698. The summed E-state index contributed by atoms with van der Waals surface area (Å²) in [6.45, 7) is 7.45. The van der Waals surface area contributed by atoms with Crippen LogP contribution in [0.3, 0.4) is 0 Å². The molecule has 0 radical (unpaired) electrons. The highest BCUT2D eigenvalue weighted by atomic mass is 79.9. The first-order chi connectivity index (χ1) is 9.58. The molecule has 0 saturated heterocycles. The van der Waals surface area contributed by atoms with Crippen LogP contribution in [-0.4, -0.2) is 37.7 Å². The SMILES string of the molecule is COc1ccc(Br)cc1CCN(CCCCN)C(C)C. The van der Waals surface area contributed by atoms with Crippen LogP contribution in [-0.2, 0) is 6.42 Å². The number of methoxy groups -OCH3 is 1. The van der Waals surface area contributed by atoms with E-state index in [2.05, 4.69) is 40.7 Å². The Hall–Kier alpha value is -0.580. The minimum atomic E-state index is 0.561. The first kappa shape index (κ1) is 17.5. The number of nitrogens with two attached hydrogens (primary N) is 1. The summed E-state index contributed by atoms with van der Waals surface area (Å²) in [7, 11) is 1.73. The van der Waals surface area contributed by atoms with Gasteiger partial charge in [-0.2, -0.15) is 0 Å². The molecule has 1 rings (SSSR count). The van der Waals surface area contributed by atoms with E-state index < -0.39 is 0 Å². The van der Waals surface area contributed by atoms with E-state index in [0.717, 1.165) is 42.7 Å². The van der Waals surface area contributed by atoms with Gasteiger partial charge in [-0.3, -0.25) is 0 Å². The molecule has 0 atom stereocenters. The van der Waals surface area contributed by atoms with E-state index in [4.69, 9.17) is 10.5 Å². The highest BCUT2D eigenvalue weighted by molar-refractivity contribution is 9.10. The van der Waals surface area contributed by atoms with Gasteiger partial charge in [0.25, 0.3) is 0 Å². The Morgan fingerprint density at radius 3 is 2.60 bits per heavy atom. The van der Waals surface area contributed by atoms with Crippen LogP contribution in [0.25, 0.3) is 0 Å². The number of hydrogen-bond acceptors (Lipinski definition) is 3. The van der Waals surface area contributed by atoms with Crippen molar-refractivity contribution < 1.29 is 4.74 Å². The summed E-state index contributed by atoms with van der Waals surface area (Å²) in [5.41, 5.74) is 6.83. The van der Waals surface area contributed by atoms with Crippen LogP contribution in [0, 0.1) is 0 Å². The average molecular weight is 343 g/mol. The molecular weight excluding hydrogens is 316 g/mol. The molecule has 1 aromatic carbocycles. The fraction of sp³-hybridized carbons (Fsp3) is 0.625. The number of halogens is 1. The first-order valence-electron chi connectivity index (χ1n) is 7.35. The Morgan fingerprint density at radius 2 is 2.00 bits per heavy atom. The van der Waals surface area contributed by atoms with Gasteiger partial charge in [0.2, 0.25) is 0 Å². The zero-order valence-electron chi connectivity index (χ0n) is 12.9. The van der Waals surface area contributed by atoms with Gasteiger partial charge in [0.05, 0.1) is 7.11 Å². The number of benzene rings is 1. The van der Waals surface area contributed by atoms with E-state index in [9.17, 15) is 0 Å². The van der Waals surface area contributed by atoms with Gasteiger partial charge in [0.1, 0.15) is 5.75 Å². The fourth-order valence-electron chi connectivity index (χ4n) is 2.29. The van der Waals surface area contributed by atoms with Crippen molar-refractivity contribution in [3.8, 4) is 5.75 Å². The maximum absolute atomic E-state index is 5.57. The third kappa shape index (κ3) is 5.81. The molecule has 0 aliphatic rings. The number of hydrogen-bond donors (Lipinski definition) is 1. The summed E-state index contributed by atoms with van der Waals surface area (Å²) < 4.78 is 6.54. The zero-order valence-corrected chi connectivity index (χ0v) is 14.4. The van der Waals surface area contributed by atoms with Gasteiger partial charge in [0.15, 0.2) is 0 Å². The van der Waals surface area contributed by atoms with Gasteiger partial charge < -0.3 is 15.4 Å². The molecule has 0 heterocycles. The van der Waals surface area contributed by atoms with E-state index in [0.29, 0.717) is 6.04 Å². The Morgan fingerprint density at radius 1 is 1.25 bits per heavy atom. The van der Waals surface area contributed by atoms with Gasteiger partial charge in [0, 0.05) is 17.1 Å². The fourth-order valence-corrected chi connectivity index (χ4v) is 2.70. The zero-order chi connectivity index (χ0) is 15.0. The van der Waals surface area contributed by atoms with Crippen molar-refractivity contribution in [3.63, 3.8) is 0 Å². The Balaban J connectivity index is 2.60. The average Bonchev–Trinajstić information content (AvgIpc) is 2.42. The molecule has 0 saturated carbocycles. The van der Waals surface area contributed by atoms with E-state index in [1.54, 1.807) is 7.11 Å². The van der Waals surface area contributed by atoms with Crippen molar-refractivity contribution in [2.75, 3.05) is 26.7 Å². The van der Waals surface area contributed by atoms with E-state index in [1.165, 1.54) is 12.0 Å². The van der Waals surface area contributed by atoms with Crippen LogP contribution in [0.15, 0.2) is 22.7 Å². The lowest BCUT2D eigenvalue weighted by molar-refractivity contribution is 0.220. The van der Waals surface area contributed by atoms with Gasteiger partial charge in [-0.1, -0.05) is 15.9 Å². The normalized spacial score (nSPS) is 11.3. The molecule has 2 N–H and O–H groups in total. The van der Waals surface area contributed by atoms with Crippen LogP contribution in [0.2, 0.25) is 0 Å². The van der Waals surface area contributed by atoms with Crippen molar-refractivity contribution in [1.29, 1.82) is 0 Å². The highest BCUT2D eigenvalue weighted by Gasteiger charge is 2.11. The Bertz CT molecular complexity index is 396. The number of nitrogens with zero attached hydrogens (tertiary/aromatic N) is 1. The minimum absolute atomic E-state index is 0.561. The van der Waals surface area contributed by atoms with Crippen LogP contribution in [0.4, 0.5) is 0 Å². The maximum atomic E-state index is 5.57. The number of ether oxygens (including phenoxy) is 1. The Labute approximate surface area is 131 Å². The molecule has 0 fully saturated rings. The van der Waals surface area contributed by atoms with Gasteiger partial charge in [-0.05, 0) is 70.0 Å². The molecule has 0 unspecified atom stereocenters. The van der Waals surface area contributed by atoms with Gasteiger partial charge in [-0.25, -0.2) is 0 Å². The molecule has 20 heavy (non-hydrogen) atoms. The molecule has 0 bridgehead atoms. The molecule has 4 heteroatoms. The second-order valence-corrected chi connectivity index (χ2v) is 6.25. The maximum Gasteiger partial charge on any atom is 0.122 e. The van der Waals surface area contributed by atoms with Crippen molar-refractivity contribution >= 4 is 15.9 Å². The molecule has 0 aliphatic heterocycles. The summed E-state index contributed by atoms with van der Waals surface area (Å²) in [6.07, 6.45) is 3.27. The largest absolute Gasteiger partial charge is 0.496 e. The van der Waals surface area contributed by atoms with Crippen molar-refractivity contribution in [2.45, 2.75) is 39.2 Å². The van der Waals surface area contributed by atoms with E-state index >= 15 is 0 Å².